The van der Waals surface area contributed by atoms with Gasteiger partial charge < -0.3 is 10.2 Å². The lowest BCUT2D eigenvalue weighted by Crippen LogP contribution is -2.33. The second-order valence-electron chi connectivity index (χ2n) is 5.90. The maximum absolute atomic E-state index is 12.1. The second kappa shape index (κ2) is 6.05. The molecule has 0 aromatic rings. The van der Waals surface area contributed by atoms with E-state index in [1.165, 1.54) is 0 Å². The molecule has 3 atom stereocenters. The minimum absolute atomic E-state index is 0. The van der Waals surface area contributed by atoms with Crippen molar-refractivity contribution in [1.29, 1.82) is 0 Å². The van der Waals surface area contributed by atoms with Gasteiger partial charge in [0, 0.05) is 32.6 Å². The van der Waals surface area contributed by atoms with Crippen LogP contribution in [0.1, 0.15) is 27.2 Å². The first-order chi connectivity index (χ1) is 7.58. The molecule has 2 saturated heterocycles. The van der Waals surface area contributed by atoms with E-state index in [9.17, 15) is 4.79 Å². The minimum Gasteiger partial charge on any atom is -0.342 e. The summed E-state index contributed by atoms with van der Waals surface area (Å²) in [5, 5.41) is 3.40. The molecular weight excluding hydrogens is 236 g/mol. The van der Waals surface area contributed by atoms with Gasteiger partial charge in [0.1, 0.15) is 0 Å². The first-order valence-corrected chi connectivity index (χ1v) is 6.56. The van der Waals surface area contributed by atoms with Crippen molar-refractivity contribution in [2.24, 2.45) is 23.7 Å². The van der Waals surface area contributed by atoms with Crippen molar-refractivity contribution < 1.29 is 4.79 Å². The van der Waals surface area contributed by atoms with Crippen LogP contribution in [-0.4, -0.2) is 37.0 Å². The fraction of sp³-hybridized carbons (Fsp3) is 0.923. The number of nitrogens with one attached hydrogen (secondary N) is 1. The van der Waals surface area contributed by atoms with Crippen LogP contribution in [0.25, 0.3) is 0 Å². The van der Waals surface area contributed by atoms with E-state index in [0.717, 1.165) is 44.4 Å². The fourth-order valence-electron chi connectivity index (χ4n) is 2.70. The van der Waals surface area contributed by atoms with Gasteiger partial charge in [0.2, 0.25) is 5.91 Å². The van der Waals surface area contributed by atoms with E-state index in [0.29, 0.717) is 17.7 Å². The van der Waals surface area contributed by atoms with E-state index in [2.05, 4.69) is 31.0 Å². The molecule has 1 N–H and O–H groups in total. The average Bonchev–Trinajstić information content (AvgIpc) is 2.75. The number of carbonyl (C=O) groups is 1. The monoisotopic (exact) mass is 260 g/mol. The highest BCUT2D eigenvalue weighted by atomic mass is 35.5. The van der Waals surface area contributed by atoms with Gasteiger partial charge in [-0.3, -0.25) is 4.79 Å². The average molecular weight is 261 g/mol. The van der Waals surface area contributed by atoms with Crippen LogP contribution in [0.4, 0.5) is 0 Å². The number of likely N-dealkylation sites (tertiary alicyclic amines) is 1. The molecule has 0 aliphatic carbocycles. The largest absolute Gasteiger partial charge is 0.342 e. The minimum atomic E-state index is 0. The summed E-state index contributed by atoms with van der Waals surface area (Å²) in [5.41, 5.74) is 0. The molecule has 0 spiro atoms. The summed E-state index contributed by atoms with van der Waals surface area (Å²) < 4.78 is 0. The maximum atomic E-state index is 12.1. The Balaban J connectivity index is 0.00000144. The number of nitrogens with zero attached hydrogens (tertiary/aromatic N) is 1. The van der Waals surface area contributed by atoms with Crippen molar-refractivity contribution >= 4 is 18.3 Å². The highest BCUT2D eigenvalue weighted by Crippen LogP contribution is 2.27. The molecule has 0 aromatic heterocycles. The number of fused-ring (bicyclic) bond motifs is 1. The normalized spacial score (nSPS) is 29.1. The Morgan fingerprint density at radius 2 is 1.76 bits per heavy atom. The first-order valence-electron chi connectivity index (χ1n) is 6.56. The van der Waals surface area contributed by atoms with Crippen molar-refractivity contribution in [3.8, 4) is 0 Å². The lowest BCUT2D eigenvalue weighted by atomic mass is 9.94. The van der Waals surface area contributed by atoms with Gasteiger partial charge in [0.15, 0.2) is 0 Å². The Morgan fingerprint density at radius 1 is 1.24 bits per heavy atom. The van der Waals surface area contributed by atoms with Gasteiger partial charge in [-0.2, -0.15) is 0 Å². The highest BCUT2D eigenvalue weighted by Gasteiger charge is 2.38. The van der Waals surface area contributed by atoms with Crippen molar-refractivity contribution in [3.63, 3.8) is 0 Å². The Labute approximate surface area is 111 Å². The number of carbonyl (C=O) groups excluding carboxylic acids is 1. The molecule has 100 valence electrons. The summed E-state index contributed by atoms with van der Waals surface area (Å²) in [5.74, 6) is 2.92. The van der Waals surface area contributed by atoms with E-state index in [1.54, 1.807) is 0 Å². The Kier molecular flexibility index (Phi) is 5.26. The molecule has 0 aromatic carbocycles. The van der Waals surface area contributed by atoms with Gasteiger partial charge in [0.25, 0.3) is 0 Å². The highest BCUT2D eigenvalue weighted by molar-refractivity contribution is 5.85. The van der Waals surface area contributed by atoms with Crippen LogP contribution in [0, 0.1) is 23.7 Å². The lowest BCUT2D eigenvalue weighted by molar-refractivity contribution is -0.131. The predicted molar refractivity (Wildman–Crippen MR) is 72.3 cm³/mol. The van der Waals surface area contributed by atoms with Crippen LogP contribution in [-0.2, 0) is 4.79 Å². The molecule has 1 amide bonds. The molecule has 4 heteroatoms. The van der Waals surface area contributed by atoms with Crippen LogP contribution >= 0.6 is 12.4 Å². The molecule has 1 unspecified atom stereocenters. The van der Waals surface area contributed by atoms with Gasteiger partial charge in [-0.25, -0.2) is 0 Å². The van der Waals surface area contributed by atoms with Crippen LogP contribution in [0.15, 0.2) is 0 Å². The Hall–Kier alpha value is -0.280. The fourth-order valence-corrected chi connectivity index (χ4v) is 2.70. The number of rotatable bonds is 3. The number of amides is 1. The molecule has 0 radical (unpaired) electrons. The Bertz CT molecular complexity index is 258. The summed E-state index contributed by atoms with van der Waals surface area (Å²) in [6, 6.07) is 0. The van der Waals surface area contributed by atoms with E-state index in [1.807, 2.05) is 0 Å². The summed E-state index contributed by atoms with van der Waals surface area (Å²) in [6.07, 6.45) is 0.727. The van der Waals surface area contributed by atoms with Gasteiger partial charge in [-0.15, -0.1) is 12.4 Å². The molecule has 2 rings (SSSR count). The van der Waals surface area contributed by atoms with Crippen molar-refractivity contribution in [2.45, 2.75) is 27.2 Å². The van der Waals surface area contributed by atoms with Gasteiger partial charge in [0.05, 0.1) is 0 Å². The lowest BCUT2D eigenvalue weighted by Gasteiger charge is -2.21. The zero-order valence-electron chi connectivity index (χ0n) is 11.1. The molecule has 0 bridgehead atoms. The van der Waals surface area contributed by atoms with E-state index in [-0.39, 0.29) is 12.4 Å². The van der Waals surface area contributed by atoms with Gasteiger partial charge in [-0.1, -0.05) is 20.8 Å². The molecular formula is C13H25ClN2O. The molecule has 2 heterocycles. The zero-order valence-corrected chi connectivity index (χ0v) is 11.9. The molecule has 2 aliphatic rings. The van der Waals surface area contributed by atoms with E-state index >= 15 is 0 Å². The summed E-state index contributed by atoms with van der Waals surface area (Å²) >= 11 is 0. The number of hydrogen-bond acceptors (Lipinski definition) is 2. The number of halogens is 1. The quantitative estimate of drug-likeness (QED) is 0.839. The molecule has 3 nitrogen and oxygen atoms in total. The molecule has 0 saturated carbocycles. The third kappa shape index (κ3) is 3.35. The summed E-state index contributed by atoms with van der Waals surface area (Å²) in [4.78, 5) is 14.2. The van der Waals surface area contributed by atoms with Crippen molar-refractivity contribution in [3.05, 3.63) is 0 Å². The Morgan fingerprint density at radius 3 is 2.24 bits per heavy atom. The van der Waals surface area contributed by atoms with Crippen LogP contribution in [0.3, 0.4) is 0 Å². The van der Waals surface area contributed by atoms with Crippen LogP contribution < -0.4 is 5.32 Å². The molecule has 17 heavy (non-hydrogen) atoms. The topological polar surface area (TPSA) is 32.3 Å². The third-order valence-corrected chi connectivity index (χ3v) is 4.38. The third-order valence-electron chi connectivity index (χ3n) is 4.38. The van der Waals surface area contributed by atoms with Crippen molar-refractivity contribution in [2.75, 3.05) is 26.2 Å². The number of hydrogen-bond donors (Lipinski definition) is 1. The zero-order chi connectivity index (χ0) is 11.7. The van der Waals surface area contributed by atoms with Crippen LogP contribution in [0.2, 0.25) is 0 Å². The SMILES string of the molecule is CC(C)C(C)CC(=O)N1C[C@H]2CNC[C@H]2C1.Cl. The first kappa shape index (κ1) is 14.8. The summed E-state index contributed by atoms with van der Waals surface area (Å²) in [7, 11) is 0. The van der Waals surface area contributed by atoms with Crippen molar-refractivity contribution in [1.82, 2.24) is 10.2 Å². The van der Waals surface area contributed by atoms with Gasteiger partial charge in [-0.05, 0) is 23.7 Å². The smallest absolute Gasteiger partial charge is 0.222 e. The summed E-state index contributed by atoms with van der Waals surface area (Å²) in [6.45, 7) is 10.8. The molecule has 2 aliphatic heterocycles. The van der Waals surface area contributed by atoms with E-state index < -0.39 is 0 Å². The maximum Gasteiger partial charge on any atom is 0.222 e. The predicted octanol–water partition coefficient (Wildman–Crippen LogP) is 1.77. The van der Waals surface area contributed by atoms with Gasteiger partial charge >= 0.3 is 0 Å². The van der Waals surface area contributed by atoms with Crippen LogP contribution in [0.5, 0.6) is 0 Å². The van der Waals surface area contributed by atoms with E-state index in [4.69, 9.17) is 0 Å². The molecule has 2 fully saturated rings. The second-order valence-corrected chi connectivity index (χ2v) is 5.90. The standard InChI is InChI=1S/C13H24N2O.ClH/c1-9(2)10(3)4-13(16)15-7-11-5-14-6-12(11)8-15;/h9-12,14H,4-8H2,1-3H3;1H/t10?,11-,12+;.